The minimum atomic E-state index is -4.05. The quantitative estimate of drug-likeness (QED) is 0.456. The Morgan fingerprint density at radius 2 is 1.75 bits per heavy atom. The zero-order valence-corrected chi connectivity index (χ0v) is 18.5. The Labute approximate surface area is 190 Å². The Kier molecular flexibility index (Phi) is 7.20. The zero-order valence-electron chi connectivity index (χ0n) is 16.9. The fourth-order valence-corrected chi connectivity index (χ4v) is 4.27. The third kappa shape index (κ3) is 5.69. The Morgan fingerprint density at radius 1 is 1.06 bits per heavy atom. The lowest BCUT2D eigenvalue weighted by Crippen LogP contribution is -2.22. The molecule has 0 spiro atoms. The summed E-state index contributed by atoms with van der Waals surface area (Å²) >= 11 is 6.06. The van der Waals surface area contributed by atoms with Crippen molar-refractivity contribution in [2.45, 2.75) is 4.90 Å². The molecule has 0 radical (unpaired) electrons. The van der Waals surface area contributed by atoms with Crippen molar-refractivity contribution in [3.05, 3.63) is 77.3 Å². The molecule has 0 unspecified atom stereocenters. The second kappa shape index (κ2) is 10.0. The van der Waals surface area contributed by atoms with Gasteiger partial charge < -0.3 is 15.4 Å². The predicted molar refractivity (Wildman–Crippen MR) is 124 cm³/mol. The predicted octanol–water partition coefficient (Wildman–Crippen LogP) is 4.07. The smallest absolute Gasteiger partial charge is 0.265 e. The average Bonchev–Trinajstić information content (AvgIpc) is 2.79. The van der Waals surface area contributed by atoms with Crippen LogP contribution in [0.1, 0.15) is 5.56 Å². The second-order valence-corrected chi connectivity index (χ2v) is 8.60. The number of methoxy groups -OCH3 is 1. The van der Waals surface area contributed by atoms with Crippen LogP contribution in [0.25, 0.3) is 0 Å². The molecule has 0 aliphatic carbocycles. The van der Waals surface area contributed by atoms with E-state index in [0.717, 1.165) is 0 Å². The molecule has 1 amide bonds. The van der Waals surface area contributed by atoms with Crippen molar-refractivity contribution < 1.29 is 17.9 Å². The molecule has 0 aliphatic rings. The number of nitriles is 1. The number of rotatable bonds is 8. The molecule has 3 aromatic rings. The number of nitrogens with one attached hydrogen (secondary N) is 3. The fourth-order valence-electron chi connectivity index (χ4n) is 2.76. The number of benzene rings is 3. The number of anilines is 3. The number of para-hydroxylation sites is 1. The van der Waals surface area contributed by atoms with Gasteiger partial charge in [0.05, 0.1) is 36.0 Å². The van der Waals surface area contributed by atoms with E-state index in [0.29, 0.717) is 11.3 Å². The summed E-state index contributed by atoms with van der Waals surface area (Å²) in [6.45, 7) is -0.0577. The number of ether oxygens (including phenoxy) is 1. The monoisotopic (exact) mass is 470 g/mol. The standard InChI is InChI=1S/C22H19ClN4O4S/c1-31-20-11-10-17(26-22(28)14-25-16-8-6-15(13-24)7-9-16)12-21(20)32(29,30)27-19-5-3-2-4-18(19)23/h2-12,25,27H,14H2,1H3,(H,26,28). The van der Waals surface area contributed by atoms with Gasteiger partial charge in [0.2, 0.25) is 5.91 Å². The molecule has 3 N–H and O–H groups in total. The molecular formula is C22H19ClN4O4S. The highest BCUT2D eigenvalue weighted by molar-refractivity contribution is 7.92. The van der Waals surface area contributed by atoms with E-state index in [1.54, 1.807) is 42.5 Å². The summed E-state index contributed by atoms with van der Waals surface area (Å²) in [5.74, 6) is -0.278. The minimum absolute atomic E-state index is 0.0577. The van der Waals surface area contributed by atoms with Crippen molar-refractivity contribution in [3.8, 4) is 11.8 Å². The molecule has 0 bridgehead atoms. The highest BCUT2D eigenvalue weighted by atomic mass is 35.5. The lowest BCUT2D eigenvalue weighted by molar-refractivity contribution is -0.114. The van der Waals surface area contributed by atoms with E-state index < -0.39 is 10.0 Å². The molecule has 3 rings (SSSR count). The first-order chi connectivity index (χ1) is 15.3. The van der Waals surface area contributed by atoms with Gasteiger partial charge in [-0.3, -0.25) is 9.52 Å². The van der Waals surface area contributed by atoms with Crippen LogP contribution in [-0.4, -0.2) is 28.0 Å². The van der Waals surface area contributed by atoms with Crippen LogP contribution >= 0.6 is 11.6 Å². The van der Waals surface area contributed by atoms with Crippen molar-refractivity contribution in [1.29, 1.82) is 5.26 Å². The Bertz CT molecular complexity index is 1270. The molecule has 0 saturated carbocycles. The van der Waals surface area contributed by atoms with Gasteiger partial charge in [-0.1, -0.05) is 23.7 Å². The van der Waals surface area contributed by atoms with Crippen molar-refractivity contribution >= 4 is 44.6 Å². The van der Waals surface area contributed by atoms with Gasteiger partial charge in [0.15, 0.2) is 0 Å². The molecule has 0 saturated heterocycles. The van der Waals surface area contributed by atoms with Crippen LogP contribution in [0.3, 0.4) is 0 Å². The van der Waals surface area contributed by atoms with Crippen molar-refractivity contribution in [3.63, 3.8) is 0 Å². The zero-order chi connectivity index (χ0) is 23.1. The molecule has 0 aromatic heterocycles. The van der Waals surface area contributed by atoms with E-state index in [4.69, 9.17) is 21.6 Å². The Hall–Kier alpha value is -3.74. The third-order valence-electron chi connectivity index (χ3n) is 4.32. The maximum absolute atomic E-state index is 12.9. The molecule has 0 atom stereocenters. The summed E-state index contributed by atoms with van der Waals surface area (Å²) in [5.41, 5.74) is 1.67. The number of amides is 1. The number of carbonyl (C=O) groups is 1. The van der Waals surface area contributed by atoms with Gasteiger partial charge >= 0.3 is 0 Å². The van der Waals surface area contributed by atoms with Gasteiger partial charge in [0.25, 0.3) is 10.0 Å². The minimum Gasteiger partial charge on any atom is -0.495 e. The number of hydrogen-bond donors (Lipinski definition) is 3. The fraction of sp³-hybridized carbons (Fsp3) is 0.0909. The van der Waals surface area contributed by atoms with Gasteiger partial charge in [-0.2, -0.15) is 5.26 Å². The highest BCUT2D eigenvalue weighted by Gasteiger charge is 2.21. The molecule has 0 aliphatic heterocycles. The van der Waals surface area contributed by atoms with E-state index in [-0.39, 0.29) is 39.5 Å². The van der Waals surface area contributed by atoms with Gasteiger partial charge in [0, 0.05) is 11.4 Å². The number of halogens is 1. The summed E-state index contributed by atoms with van der Waals surface area (Å²) < 4.78 is 33.5. The molecule has 164 valence electrons. The Balaban J connectivity index is 1.74. The van der Waals surface area contributed by atoms with Gasteiger partial charge in [0.1, 0.15) is 10.6 Å². The van der Waals surface area contributed by atoms with Crippen LogP contribution in [0, 0.1) is 11.3 Å². The number of carbonyl (C=O) groups excluding carboxylic acids is 1. The van der Waals surface area contributed by atoms with Crippen LogP contribution in [0.4, 0.5) is 17.1 Å². The summed E-state index contributed by atoms with van der Waals surface area (Å²) in [5, 5.41) is 14.6. The summed E-state index contributed by atoms with van der Waals surface area (Å²) in [4.78, 5) is 12.2. The maximum atomic E-state index is 12.9. The van der Waals surface area contributed by atoms with Crippen LogP contribution < -0.4 is 20.1 Å². The van der Waals surface area contributed by atoms with Gasteiger partial charge in [-0.25, -0.2) is 8.42 Å². The van der Waals surface area contributed by atoms with E-state index in [1.165, 1.54) is 31.4 Å². The first-order valence-electron chi connectivity index (χ1n) is 9.31. The van der Waals surface area contributed by atoms with Crippen molar-refractivity contribution in [2.24, 2.45) is 0 Å². The Morgan fingerprint density at radius 3 is 2.41 bits per heavy atom. The largest absolute Gasteiger partial charge is 0.495 e. The summed E-state index contributed by atoms with van der Waals surface area (Å²) in [6.07, 6.45) is 0. The molecule has 0 fully saturated rings. The normalized spacial score (nSPS) is 10.7. The lowest BCUT2D eigenvalue weighted by Gasteiger charge is -2.14. The van der Waals surface area contributed by atoms with E-state index in [2.05, 4.69) is 15.4 Å². The van der Waals surface area contributed by atoms with Crippen LogP contribution in [0.2, 0.25) is 5.02 Å². The first kappa shape index (κ1) is 22.9. The number of hydrogen-bond acceptors (Lipinski definition) is 6. The molecule has 8 nitrogen and oxygen atoms in total. The molecule has 32 heavy (non-hydrogen) atoms. The lowest BCUT2D eigenvalue weighted by atomic mass is 10.2. The van der Waals surface area contributed by atoms with Gasteiger partial charge in [-0.05, 0) is 54.6 Å². The van der Waals surface area contributed by atoms with Crippen molar-refractivity contribution in [1.82, 2.24) is 0 Å². The summed E-state index contributed by atoms with van der Waals surface area (Å²) in [6, 6.07) is 19.4. The van der Waals surface area contributed by atoms with Crippen LogP contribution in [0.15, 0.2) is 71.6 Å². The van der Waals surface area contributed by atoms with Gasteiger partial charge in [-0.15, -0.1) is 0 Å². The molecular weight excluding hydrogens is 452 g/mol. The van der Waals surface area contributed by atoms with E-state index >= 15 is 0 Å². The van der Waals surface area contributed by atoms with Crippen molar-refractivity contribution in [2.75, 3.05) is 29.0 Å². The molecule has 10 heteroatoms. The van der Waals surface area contributed by atoms with Crippen LogP contribution in [-0.2, 0) is 14.8 Å². The second-order valence-electron chi connectivity index (χ2n) is 6.54. The van der Waals surface area contributed by atoms with E-state index in [1.807, 2.05) is 6.07 Å². The number of nitrogens with zero attached hydrogens (tertiary/aromatic N) is 1. The summed E-state index contributed by atoms with van der Waals surface area (Å²) in [7, 11) is -2.70. The van der Waals surface area contributed by atoms with E-state index in [9.17, 15) is 13.2 Å². The topological polar surface area (TPSA) is 120 Å². The molecule has 3 aromatic carbocycles. The number of sulfonamides is 1. The SMILES string of the molecule is COc1ccc(NC(=O)CNc2ccc(C#N)cc2)cc1S(=O)(=O)Nc1ccccc1Cl. The average molecular weight is 471 g/mol. The maximum Gasteiger partial charge on any atom is 0.265 e. The first-order valence-corrected chi connectivity index (χ1v) is 11.2. The highest BCUT2D eigenvalue weighted by Crippen LogP contribution is 2.30. The van der Waals surface area contributed by atoms with Crippen LogP contribution in [0.5, 0.6) is 5.75 Å². The molecule has 0 heterocycles. The third-order valence-corrected chi connectivity index (χ3v) is 6.04.